The van der Waals surface area contributed by atoms with Gasteiger partial charge in [-0.05, 0) is 50.2 Å². The first kappa shape index (κ1) is 18.3. The number of aromatic nitrogens is 1. The Bertz CT molecular complexity index is 433. The zero-order valence-electron chi connectivity index (χ0n) is 13.4. The van der Waals surface area contributed by atoms with Gasteiger partial charge in [0, 0.05) is 32.0 Å². The Hall–Kier alpha value is -0.720. The fourth-order valence-corrected chi connectivity index (χ4v) is 2.74. The van der Waals surface area contributed by atoms with E-state index < -0.39 is 0 Å². The number of hydrogen-bond donors (Lipinski definition) is 2. The Kier molecular flexibility index (Phi) is 8.14. The number of hydrogen-bond acceptors (Lipinski definition) is 1. The van der Waals surface area contributed by atoms with Gasteiger partial charge in [-0.3, -0.25) is 0 Å². The van der Waals surface area contributed by atoms with Crippen LogP contribution >= 0.6 is 24.0 Å². The third-order valence-electron chi connectivity index (χ3n) is 4.01. The van der Waals surface area contributed by atoms with Gasteiger partial charge in [0.15, 0.2) is 5.96 Å². The van der Waals surface area contributed by atoms with Crippen LogP contribution in [-0.4, -0.2) is 23.1 Å². The van der Waals surface area contributed by atoms with E-state index in [-0.39, 0.29) is 24.0 Å². The Balaban J connectivity index is 0.00000220. The Morgan fingerprint density at radius 3 is 2.62 bits per heavy atom. The smallest absolute Gasteiger partial charge is 0.191 e. The zero-order chi connectivity index (χ0) is 14.4. The molecule has 1 aromatic heterocycles. The number of rotatable bonds is 4. The Morgan fingerprint density at radius 2 is 2.05 bits per heavy atom. The maximum Gasteiger partial charge on any atom is 0.191 e. The van der Waals surface area contributed by atoms with Crippen molar-refractivity contribution >= 4 is 29.9 Å². The summed E-state index contributed by atoms with van der Waals surface area (Å²) in [5, 5.41) is 6.94. The van der Waals surface area contributed by atoms with Crippen molar-refractivity contribution in [1.82, 2.24) is 15.2 Å². The van der Waals surface area contributed by atoms with E-state index in [0.717, 1.165) is 25.0 Å². The second-order valence-corrected chi connectivity index (χ2v) is 5.98. The van der Waals surface area contributed by atoms with Crippen LogP contribution in [0, 0.1) is 5.92 Å². The van der Waals surface area contributed by atoms with E-state index in [1.807, 2.05) is 7.05 Å². The number of nitrogens with one attached hydrogen (secondary N) is 2. The number of aryl methyl sites for hydroxylation is 1. The molecule has 0 amide bonds. The first-order valence-electron chi connectivity index (χ1n) is 7.83. The normalized spacial score (nSPS) is 22.5. The molecule has 0 atom stereocenters. The lowest BCUT2D eigenvalue weighted by Crippen LogP contribution is -2.44. The van der Waals surface area contributed by atoms with E-state index in [0.29, 0.717) is 6.04 Å². The fourth-order valence-electron chi connectivity index (χ4n) is 2.74. The van der Waals surface area contributed by atoms with Crippen LogP contribution < -0.4 is 10.6 Å². The van der Waals surface area contributed by atoms with Crippen LogP contribution in [0.1, 0.15) is 45.1 Å². The maximum absolute atomic E-state index is 4.69. The fraction of sp³-hybridized carbons (Fsp3) is 0.688. The number of nitrogens with zero attached hydrogens (tertiary/aromatic N) is 2. The molecule has 2 rings (SSSR count). The van der Waals surface area contributed by atoms with Crippen LogP contribution in [0.25, 0.3) is 0 Å². The van der Waals surface area contributed by atoms with Crippen LogP contribution in [0.5, 0.6) is 0 Å². The van der Waals surface area contributed by atoms with Gasteiger partial charge in [0.25, 0.3) is 0 Å². The highest BCUT2D eigenvalue weighted by Crippen LogP contribution is 2.23. The van der Waals surface area contributed by atoms with Crippen LogP contribution in [0.4, 0.5) is 0 Å². The van der Waals surface area contributed by atoms with E-state index in [4.69, 9.17) is 4.99 Å². The van der Waals surface area contributed by atoms with Gasteiger partial charge in [0.05, 0.1) is 6.54 Å². The highest BCUT2D eigenvalue weighted by Gasteiger charge is 2.18. The zero-order valence-corrected chi connectivity index (χ0v) is 15.8. The SMILES string of the molecule is CCNC(=NCc1ccn(C)c1)NC1CCC(C)CC1.I. The molecule has 1 fully saturated rings. The predicted octanol–water partition coefficient (Wildman–Crippen LogP) is 3.28. The summed E-state index contributed by atoms with van der Waals surface area (Å²) in [7, 11) is 2.04. The van der Waals surface area contributed by atoms with Crippen molar-refractivity contribution in [3.63, 3.8) is 0 Å². The van der Waals surface area contributed by atoms with Crippen molar-refractivity contribution < 1.29 is 0 Å². The molecule has 2 N–H and O–H groups in total. The summed E-state index contributed by atoms with van der Waals surface area (Å²) in [5.74, 6) is 1.84. The van der Waals surface area contributed by atoms with Crippen molar-refractivity contribution in [1.29, 1.82) is 0 Å². The van der Waals surface area contributed by atoms with Crippen molar-refractivity contribution in [2.45, 2.75) is 52.1 Å². The first-order chi connectivity index (χ1) is 9.67. The summed E-state index contributed by atoms with van der Waals surface area (Å²) >= 11 is 0. The molecular formula is C16H29IN4. The van der Waals surface area contributed by atoms with Crippen LogP contribution in [0.3, 0.4) is 0 Å². The minimum Gasteiger partial charge on any atom is -0.357 e. The maximum atomic E-state index is 4.69. The molecule has 21 heavy (non-hydrogen) atoms. The molecule has 1 aliphatic carbocycles. The topological polar surface area (TPSA) is 41.4 Å². The van der Waals surface area contributed by atoms with E-state index in [1.54, 1.807) is 0 Å². The molecule has 1 saturated carbocycles. The summed E-state index contributed by atoms with van der Waals surface area (Å²) in [6.45, 7) is 6.11. The van der Waals surface area contributed by atoms with Gasteiger partial charge in [-0.25, -0.2) is 4.99 Å². The molecule has 0 saturated heterocycles. The largest absolute Gasteiger partial charge is 0.357 e. The molecule has 0 radical (unpaired) electrons. The third kappa shape index (κ3) is 6.28. The van der Waals surface area contributed by atoms with Gasteiger partial charge in [-0.2, -0.15) is 0 Å². The molecule has 5 heteroatoms. The second-order valence-electron chi connectivity index (χ2n) is 5.98. The van der Waals surface area contributed by atoms with Crippen molar-refractivity contribution in [2.24, 2.45) is 18.0 Å². The molecular weight excluding hydrogens is 375 g/mol. The second kappa shape index (κ2) is 9.33. The minimum absolute atomic E-state index is 0. The molecule has 0 aromatic carbocycles. The molecule has 1 aromatic rings. The lowest BCUT2D eigenvalue weighted by atomic mass is 9.87. The quantitative estimate of drug-likeness (QED) is 0.460. The van der Waals surface area contributed by atoms with E-state index >= 15 is 0 Å². The molecule has 0 spiro atoms. The van der Waals surface area contributed by atoms with Gasteiger partial charge < -0.3 is 15.2 Å². The third-order valence-corrected chi connectivity index (χ3v) is 4.01. The summed E-state index contributed by atoms with van der Waals surface area (Å²) < 4.78 is 2.06. The van der Waals surface area contributed by atoms with Crippen LogP contribution in [0.2, 0.25) is 0 Å². The van der Waals surface area contributed by atoms with Gasteiger partial charge >= 0.3 is 0 Å². The molecule has 120 valence electrons. The molecule has 4 nitrogen and oxygen atoms in total. The highest BCUT2D eigenvalue weighted by atomic mass is 127. The summed E-state index contributed by atoms with van der Waals surface area (Å²) in [6, 6.07) is 2.70. The molecule has 0 aliphatic heterocycles. The monoisotopic (exact) mass is 404 g/mol. The average molecular weight is 404 g/mol. The first-order valence-corrected chi connectivity index (χ1v) is 7.83. The van der Waals surface area contributed by atoms with Gasteiger partial charge in [0.1, 0.15) is 0 Å². The number of guanidine groups is 1. The standard InChI is InChI=1S/C16H28N4.HI/c1-4-17-16(18-11-14-9-10-20(3)12-14)19-15-7-5-13(2)6-8-15;/h9-10,12-13,15H,4-8,11H2,1-3H3,(H2,17,18,19);1H. The molecule has 1 heterocycles. The van der Waals surface area contributed by atoms with Gasteiger partial charge in [-0.1, -0.05) is 6.92 Å². The Labute approximate surface area is 145 Å². The Morgan fingerprint density at radius 1 is 1.33 bits per heavy atom. The van der Waals surface area contributed by atoms with E-state index in [9.17, 15) is 0 Å². The highest BCUT2D eigenvalue weighted by molar-refractivity contribution is 14.0. The predicted molar refractivity (Wildman–Crippen MR) is 100 cm³/mol. The van der Waals surface area contributed by atoms with E-state index in [2.05, 4.69) is 47.5 Å². The van der Waals surface area contributed by atoms with Crippen LogP contribution in [0.15, 0.2) is 23.5 Å². The van der Waals surface area contributed by atoms with Crippen molar-refractivity contribution in [3.05, 3.63) is 24.0 Å². The summed E-state index contributed by atoms with van der Waals surface area (Å²) in [4.78, 5) is 4.69. The molecule has 1 aliphatic rings. The summed E-state index contributed by atoms with van der Waals surface area (Å²) in [5.41, 5.74) is 1.25. The van der Waals surface area contributed by atoms with Gasteiger partial charge in [-0.15, -0.1) is 24.0 Å². The lowest BCUT2D eigenvalue weighted by molar-refractivity contribution is 0.329. The summed E-state index contributed by atoms with van der Waals surface area (Å²) in [6.07, 6.45) is 9.36. The van der Waals surface area contributed by atoms with Crippen molar-refractivity contribution in [3.8, 4) is 0 Å². The molecule has 0 bridgehead atoms. The minimum atomic E-state index is 0. The van der Waals surface area contributed by atoms with Gasteiger partial charge in [0.2, 0.25) is 0 Å². The molecule has 0 unspecified atom stereocenters. The number of halogens is 1. The van der Waals surface area contributed by atoms with Crippen LogP contribution in [-0.2, 0) is 13.6 Å². The van der Waals surface area contributed by atoms with E-state index in [1.165, 1.54) is 31.2 Å². The number of aliphatic imine (C=N–C) groups is 1. The van der Waals surface area contributed by atoms with Crippen molar-refractivity contribution in [2.75, 3.05) is 6.54 Å². The lowest BCUT2D eigenvalue weighted by Gasteiger charge is -2.28. The average Bonchev–Trinajstić information content (AvgIpc) is 2.85.